The molecule has 0 aromatic heterocycles. The lowest BCUT2D eigenvalue weighted by atomic mass is 9.88. The average Bonchev–Trinajstić information content (AvgIpc) is 2.93. The predicted molar refractivity (Wildman–Crippen MR) is 168 cm³/mol. The van der Waals surface area contributed by atoms with Gasteiger partial charge in [0.2, 0.25) is 5.91 Å². The second-order valence-corrected chi connectivity index (χ2v) is 14.9. The van der Waals surface area contributed by atoms with Crippen molar-refractivity contribution in [2.75, 3.05) is 33.4 Å². The number of ether oxygens (including phenoxy) is 2. The number of carbonyl (C=O) groups excluding carboxylic acids is 2. The summed E-state index contributed by atoms with van der Waals surface area (Å²) in [6.07, 6.45) is 2.59. The lowest BCUT2D eigenvalue weighted by Crippen LogP contribution is -2.56. The molecule has 1 saturated carbocycles. The molecule has 0 saturated heterocycles. The summed E-state index contributed by atoms with van der Waals surface area (Å²) in [5, 5.41) is 16.9. The minimum absolute atomic E-state index is 0.0112. The minimum Gasteiger partial charge on any atom is -0.449 e. The molecule has 2 rings (SSSR count). The van der Waals surface area contributed by atoms with Gasteiger partial charge in [0.05, 0.1) is 30.8 Å². The molecule has 0 bridgehead atoms. The SMILES string of the molecule is COC1CCC(COC(=O)NC[C@@H](C)C(=O)N[C@@H](Cc2ccccc2)[C@H](O)CN(CC(C)C)S(=O)(=O)NC(C)(C)C)CC1. The van der Waals surface area contributed by atoms with Crippen molar-refractivity contribution in [2.45, 2.75) is 97.4 Å². The molecule has 0 radical (unpaired) electrons. The van der Waals surface area contributed by atoms with E-state index in [0.29, 0.717) is 18.9 Å². The predicted octanol–water partition coefficient (Wildman–Crippen LogP) is 3.23. The summed E-state index contributed by atoms with van der Waals surface area (Å²) in [5.74, 6) is -0.676. The first-order chi connectivity index (χ1) is 20.1. The maximum absolute atomic E-state index is 13.2. The number of nitrogens with zero attached hydrogens (tertiary/aromatic N) is 1. The number of rotatable bonds is 16. The Hall–Kier alpha value is -2.25. The van der Waals surface area contributed by atoms with Crippen LogP contribution in [-0.2, 0) is 30.9 Å². The number of aliphatic hydroxyl groups is 1. The molecule has 1 aromatic rings. The van der Waals surface area contributed by atoms with Crippen LogP contribution >= 0.6 is 0 Å². The summed E-state index contributed by atoms with van der Waals surface area (Å²) in [7, 11) is -2.20. The molecule has 12 heteroatoms. The van der Waals surface area contributed by atoms with Crippen LogP contribution in [-0.4, -0.2) is 87.0 Å². The molecule has 11 nitrogen and oxygen atoms in total. The number of benzene rings is 1. The van der Waals surface area contributed by atoms with Crippen LogP contribution in [0.1, 0.15) is 72.8 Å². The van der Waals surface area contributed by atoms with Crippen LogP contribution in [0.15, 0.2) is 30.3 Å². The van der Waals surface area contributed by atoms with E-state index >= 15 is 0 Å². The molecule has 0 unspecified atom stereocenters. The zero-order valence-electron chi connectivity index (χ0n) is 27.0. The summed E-state index contributed by atoms with van der Waals surface area (Å²) < 4.78 is 41.1. The summed E-state index contributed by atoms with van der Waals surface area (Å²) in [6, 6.07) is 8.61. The third-order valence-electron chi connectivity index (χ3n) is 7.40. The van der Waals surface area contributed by atoms with E-state index in [1.165, 1.54) is 4.31 Å². The number of amides is 2. The van der Waals surface area contributed by atoms with Crippen molar-refractivity contribution in [2.24, 2.45) is 17.8 Å². The van der Waals surface area contributed by atoms with Gasteiger partial charge < -0.3 is 25.2 Å². The molecule has 1 aromatic carbocycles. The van der Waals surface area contributed by atoms with Crippen molar-refractivity contribution >= 4 is 22.2 Å². The maximum Gasteiger partial charge on any atom is 0.407 e. The third-order valence-corrected chi connectivity index (χ3v) is 9.25. The number of methoxy groups -OCH3 is 1. The summed E-state index contributed by atoms with van der Waals surface area (Å²) in [6.45, 7) is 11.1. The zero-order valence-corrected chi connectivity index (χ0v) is 27.8. The van der Waals surface area contributed by atoms with Gasteiger partial charge in [0.15, 0.2) is 0 Å². The smallest absolute Gasteiger partial charge is 0.407 e. The van der Waals surface area contributed by atoms with Crippen LogP contribution < -0.4 is 15.4 Å². The van der Waals surface area contributed by atoms with Gasteiger partial charge in [0, 0.05) is 32.3 Å². The molecule has 0 spiro atoms. The Bertz CT molecular complexity index is 1090. The van der Waals surface area contributed by atoms with E-state index in [0.717, 1.165) is 31.2 Å². The Morgan fingerprint density at radius 1 is 1.05 bits per heavy atom. The highest BCUT2D eigenvalue weighted by molar-refractivity contribution is 7.87. The van der Waals surface area contributed by atoms with Gasteiger partial charge in [-0.1, -0.05) is 51.1 Å². The highest BCUT2D eigenvalue weighted by atomic mass is 32.2. The molecular formula is C31H54N4O7S. The number of hydrogen-bond acceptors (Lipinski definition) is 7. The fourth-order valence-corrected chi connectivity index (χ4v) is 6.80. The van der Waals surface area contributed by atoms with Crippen LogP contribution in [0.5, 0.6) is 0 Å². The Balaban J connectivity index is 2.02. The fourth-order valence-electron chi connectivity index (χ4n) is 5.05. The van der Waals surface area contributed by atoms with Crippen LogP contribution in [0.4, 0.5) is 4.79 Å². The Labute approximate surface area is 258 Å². The minimum atomic E-state index is -3.91. The van der Waals surface area contributed by atoms with Gasteiger partial charge >= 0.3 is 6.09 Å². The van der Waals surface area contributed by atoms with E-state index in [1.54, 1.807) is 34.8 Å². The van der Waals surface area contributed by atoms with E-state index in [-0.39, 0.29) is 37.6 Å². The lowest BCUT2D eigenvalue weighted by Gasteiger charge is -2.33. The highest BCUT2D eigenvalue weighted by Gasteiger charge is 2.33. The number of carbonyl (C=O) groups is 2. The number of hydrogen-bond donors (Lipinski definition) is 4. The average molecular weight is 627 g/mol. The summed E-state index contributed by atoms with van der Waals surface area (Å²) in [4.78, 5) is 25.5. The first-order valence-electron chi connectivity index (χ1n) is 15.3. The number of alkyl carbamates (subject to hydrolysis) is 1. The molecule has 0 heterocycles. The molecule has 1 fully saturated rings. The van der Waals surface area contributed by atoms with Gasteiger partial charge in [-0.3, -0.25) is 4.79 Å². The van der Waals surface area contributed by atoms with Gasteiger partial charge in [-0.15, -0.1) is 0 Å². The third kappa shape index (κ3) is 13.9. The summed E-state index contributed by atoms with van der Waals surface area (Å²) in [5.41, 5.74) is 0.177. The maximum atomic E-state index is 13.2. The van der Waals surface area contributed by atoms with Crippen LogP contribution in [0, 0.1) is 17.8 Å². The Morgan fingerprint density at radius 2 is 1.67 bits per heavy atom. The normalized spacial score (nSPS) is 20.0. The van der Waals surface area contributed by atoms with Crippen molar-refractivity contribution in [3.8, 4) is 0 Å². The molecule has 1 aliphatic rings. The van der Waals surface area contributed by atoms with Crippen LogP contribution in [0.25, 0.3) is 0 Å². The fraction of sp³-hybridized carbons (Fsp3) is 0.742. The quantitative estimate of drug-likeness (QED) is 0.220. The Morgan fingerprint density at radius 3 is 2.23 bits per heavy atom. The van der Waals surface area contributed by atoms with Crippen LogP contribution in [0.2, 0.25) is 0 Å². The molecule has 4 N–H and O–H groups in total. The standard InChI is InChI=1S/C31H54N4O7S/c1-22(2)19-35(43(39,40)34-31(4,5)6)20-28(36)27(17-24-11-9-8-10-12-24)33-29(37)23(3)18-32-30(38)42-21-25-13-15-26(41-7)16-14-25/h8-12,22-23,25-28,34,36H,13-21H2,1-7H3,(H,32,38)(H,33,37)/t23-,25?,26?,27+,28-/m1/s1. The first-order valence-corrected chi connectivity index (χ1v) is 16.8. The van der Waals surface area contributed by atoms with Crippen molar-refractivity contribution in [3.05, 3.63) is 35.9 Å². The van der Waals surface area contributed by atoms with E-state index in [9.17, 15) is 23.1 Å². The van der Waals surface area contributed by atoms with Crippen LogP contribution in [0.3, 0.4) is 0 Å². The van der Waals surface area contributed by atoms with E-state index < -0.39 is 39.9 Å². The van der Waals surface area contributed by atoms with E-state index in [2.05, 4.69) is 15.4 Å². The van der Waals surface area contributed by atoms with Gasteiger partial charge in [-0.2, -0.15) is 17.4 Å². The Kier molecular flexibility index (Phi) is 14.9. The van der Waals surface area contributed by atoms with Crippen molar-refractivity contribution in [3.63, 3.8) is 0 Å². The number of aliphatic hydroxyl groups excluding tert-OH is 1. The van der Waals surface area contributed by atoms with Gasteiger partial charge in [-0.05, 0) is 70.3 Å². The molecule has 2 amide bonds. The molecular weight excluding hydrogens is 572 g/mol. The van der Waals surface area contributed by atoms with E-state index in [1.807, 2.05) is 44.2 Å². The largest absolute Gasteiger partial charge is 0.449 e. The number of nitrogens with one attached hydrogen (secondary N) is 3. The van der Waals surface area contributed by atoms with Crippen molar-refractivity contribution in [1.29, 1.82) is 0 Å². The highest BCUT2D eigenvalue weighted by Crippen LogP contribution is 2.26. The van der Waals surface area contributed by atoms with Gasteiger partial charge in [0.25, 0.3) is 10.2 Å². The second-order valence-electron chi connectivity index (χ2n) is 13.2. The molecule has 3 atom stereocenters. The lowest BCUT2D eigenvalue weighted by molar-refractivity contribution is -0.126. The van der Waals surface area contributed by atoms with Crippen molar-refractivity contribution < 1.29 is 32.6 Å². The summed E-state index contributed by atoms with van der Waals surface area (Å²) >= 11 is 0. The molecule has 43 heavy (non-hydrogen) atoms. The molecule has 0 aliphatic heterocycles. The first kappa shape index (κ1) is 36.9. The second kappa shape index (κ2) is 17.3. The van der Waals surface area contributed by atoms with Gasteiger partial charge in [-0.25, -0.2) is 4.79 Å². The topological polar surface area (TPSA) is 146 Å². The molecule has 1 aliphatic carbocycles. The zero-order chi connectivity index (χ0) is 32.2. The van der Waals surface area contributed by atoms with E-state index in [4.69, 9.17) is 9.47 Å². The van der Waals surface area contributed by atoms with Gasteiger partial charge in [0.1, 0.15) is 0 Å². The monoisotopic (exact) mass is 626 g/mol. The van der Waals surface area contributed by atoms with Crippen molar-refractivity contribution in [1.82, 2.24) is 19.7 Å². The molecule has 246 valence electrons.